The van der Waals surface area contributed by atoms with Crippen LogP contribution in [0.4, 0.5) is 0 Å². The van der Waals surface area contributed by atoms with Gasteiger partial charge in [-0.2, -0.15) is 0 Å². The lowest BCUT2D eigenvalue weighted by molar-refractivity contribution is -0.127. The highest BCUT2D eigenvalue weighted by atomic mass is 16.5. The number of nitrogens with one attached hydrogen (secondary N) is 2. The van der Waals surface area contributed by atoms with E-state index in [4.69, 9.17) is 4.74 Å². The van der Waals surface area contributed by atoms with Crippen molar-refractivity contribution in [3.63, 3.8) is 0 Å². The SMILES string of the molecule is COc1ccccc1[C@H](NC(=O)CNC(=O)C1CC1)c1ccccc1. The number of amides is 2. The monoisotopic (exact) mass is 338 g/mol. The minimum atomic E-state index is -0.345. The highest BCUT2D eigenvalue weighted by Crippen LogP contribution is 2.30. The first-order chi connectivity index (χ1) is 12.2. The van der Waals surface area contributed by atoms with Crippen LogP contribution in [0.3, 0.4) is 0 Å². The maximum absolute atomic E-state index is 12.4. The van der Waals surface area contributed by atoms with Crippen molar-refractivity contribution in [3.8, 4) is 5.75 Å². The molecule has 1 saturated carbocycles. The van der Waals surface area contributed by atoms with Crippen LogP contribution in [0.2, 0.25) is 0 Å². The third-order valence-corrected chi connectivity index (χ3v) is 4.26. The Morgan fingerprint density at radius 1 is 1.08 bits per heavy atom. The molecule has 0 spiro atoms. The maximum Gasteiger partial charge on any atom is 0.240 e. The summed E-state index contributed by atoms with van der Waals surface area (Å²) in [7, 11) is 1.61. The first-order valence-corrected chi connectivity index (χ1v) is 8.44. The molecule has 2 amide bonds. The molecule has 2 aromatic carbocycles. The molecule has 2 N–H and O–H groups in total. The average molecular weight is 338 g/mol. The minimum Gasteiger partial charge on any atom is -0.496 e. The van der Waals surface area contributed by atoms with Crippen LogP contribution in [0.25, 0.3) is 0 Å². The van der Waals surface area contributed by atoms with Gasteiger partial charge in [0, 0.05) is 11.5 Å². The Morgan fingerprint density at radius 3 is 2.44 bits per heavy atom. The second-order valence-electron chi connectivity index (χ2n) is 6.15. The summed E-state index contributed by atoms with van der Waals surface area (Å²) in [5.74, 6) is 0.531. The quantitative estimate of drug-likeness (QED) is 0.815. The van der Waals surface area contributed by atoms with Gasteiger partial charge >= 0.3 is 0 Å². The van der Waals surface area contributed by atoms with Crippen LogP contribution in [0, 0.1) is 5.92 Å². The molecule has 1 atom stereocenters. The predicted octanol–water partition coefficient (Wildman–Crippen LogP) is 2.43. The summed E-state index contributed by atoms with van der Waals surface area (Å²) in [4.78, 5) is 24.1. The number of rotatable bonds is 7. The highest BCUT2D eigenvalue weighted by molar-refractivity contribution is 5.87. The summed E-state index contributed by atoms with van der Waals surface area (Å²) < 4.78 is 5.45. The summed E-state index contributed by atoms with van der Waals surface area (Å²) in [5.41, 5.74) is 1.83. The summed E-state index contributed by atoms with van der Waals surface area (Å²) >= 11 is 0. The largest absolute Gasteiger partial charge is 0.496 e. The van der Waals surface area contributed by atoms with Gasteiger partial charge in [0.2, 0.25) is 11.8 Å². The molecule has 2 aromatic rings. The minimum absolute atomic E-state index is 0.0200. The van der Waals surface area contributed by atoms with E-state index in [1.165, 1.54) is 0 Å². The molecule has 0 aromatic heterocycles. The normalized spacial score (nSPS) is 14.4. The van der Waals surface area contributed by atoms with E-state index in [0.29, 0.717) is 5.75 Å². The summed E-state index contributed by atoms with van der Waals surface area (Å²) in [6.45, 7) is -0.0200. The molecule has 0 radical (unpaired) electrons. The molecule has 25 heavy (non-hydrogen) atoms. The molecule has 0 aliphatic heterocycles. The van der Waals surface area contributed by atoms with Gasteiger partial charge in [-0.15, -0.1) is 0 Å². The topological polar surface area (TPSA) is 67.4 Å². The van der Waals surface area contributed by atoms with Gasteiger partial charge in [-0.25, -0.2) is 0 Å². The van der Waals surface area contributed by atoms with Gasteiger partial charge in [-0.3, -0.25) is 9.59 Å². The Labute approximate surface area is 147 Å². The van der Waals surface area contributed by atoms with Gasteiger partial charge in [0.05, 0.1) is 19.7 Å². The van der Waals surface area contributed by atoms with Crippen molar-refractivity contribution in [1.29, 1.82) is 0 Å². The van der Waals surface area contributed by atoms with Gasteiger partial charge in [0.25, 0.3) is 0 Å². The van der Waals surface area contributed by atoms with Gasteiger partial charge in [-0.1, -0.05) is 48.5 Å². The Hall–Kier alpha value is -2.82. The Balaban J connectivity index is 1.77. The number of carbonyl (C=O) groups is 2. The summed E-state index contributed by atoms with van der Waals surface area (Å²) in [5, 5.41) is 5.70. The number of benzene rings is 2. The molecule has 3 rings (SSSR count). The van der Waals surface area contributed by atoms with E-state index < -0.39 is 0 Å². The van der Waals surface area contributed by atoms with Crippen molar-refractivity contribution in [1.82, 2.24) is 10.6 Å². The van der Waals surface area contributed by atoms with Gasteiger partial charge in [0.15, 0.2) is 0 Å². The Kier molecular flexibility index (Phi) is 5.33. The zero-order chi connectivity index (χ0) is 17.6. The average Bonchev–Trinajstić information content (AvgIpc) is 3.50. The molecule has 1 aliphatic rings. The number of hydrogen-bond donors (Lipinski definition) is 2. The molecule has 0 bridgehead atoms. The first-order valence-electron chi connectivity index (χ1n) is 8.44. The maximum atomic E-state index is 12.4. The zero-order valence-corrected chi connectivity index (χ0v) is 14.2. The molecule has 5 heteroatoms. The predicted molar refractivity (Wildman–Crippen MR) is 95.2 cm³/mol. The first kappa shape index (κ1) is 17.0. The number of ether oxygens (including phenoxy) is 1. The second-order valence-corrected chi connectivity index (χ2v) is 6.15. The zero-order valence-electron chi connectivity index (χ0n) is 14.2. The van der Waals surface area contributed by atoms with Crippen molar-refractivity contribution in [2.24, 2.45) is 5.92 Å². The van der Waals surface area contributed by atoms with Gasteiger partial charge in [-0.05, 0) is 24.5 Å². The van der Waals surface area contributed by atoms with Crippen LogP contribution >= 0.6 is 0 Å². The fraction of sp³-hybridized carbons (Fsp3) is 0.300. The van der Waals surface area contributed by atoms with E-state index in [9.17, 15) is 9.59 Å². The lowest BCUT2D eigenvalue weighted by atomic mass is 9.97. The lowest BCUT2D eigenvalue weighted by Crippen LogP contribution is -2.39. The molecule has 1 aliphatic carbocycles. The third-order valence-electron chi connectivity index (χ3n) is 4.26. The van der Waals surface area contributed by atoms with Crippen molar-refractivity contribution in [2.45, 2.75) is 18.9 Å². The van der Waals surface area contributed by atoms with Gasteiger partial charge < -0.3 is 15.4 Å². The van der Waals surface area contributed by atoms with E-state index in [-0.39, 0.29) is 30.3 Å². The van der Waals surface area contributed by atoms with Crippen molar-refractivity contribution in [3.05, 3.63) is 65.7 Å². The van der Waals surface area contributed by atoms with Crippen LogP contribution in [-0.4, -0.2) is 25.5 Å². The third kappa shape index (κ3) is 4.38. The molecule has 5 nitrogen and oxygen atoms in total. The van der Waals surface area contributed by atoms with E-state index in [2.05, 4.69) is 10.6 Å². The van der Waals surface area contributed by atoms with Crippen LogP contribution in [0.1, 0.15) is 30.0 Å². The summed E-state index contributed by atoms with van der Waals surface area (Å²) in [6.07, 6.45) is 1.84. The molecule has 0 heterocycles. The van der Waals surface area contributed by atoms with Gasteiger partial charge in [0.1, 0.15) is 5.75 Å². The second kappa shape index (κ2) is 7.83. The Bertz CT molecular complexity index is 742. The fourth-order valence-corrected chi connectivity index (χ4v) is 2.76. The fourth-order valence-electron chi connectivity index (χ4n) is 2.76. The highest BCUT2D eigenvalue weighted by Gasteiger charge is 2.29. The van der Waals surface area contributed by atoms with Crippen LogP contribution in [0.15, 0.2) is 54.6 Å². The van der Waals surface area contributed by atoms with Crippen LogP contribution in [-0.2, 0) is 9.59 Å². The molecular weight excluding hydrogens is 316 g/mol. The number of methoxy groups -OCH3 is 1. The van der Waals surface area contributed by atoms with E-state index in [0.717, 1.165) is 24.0 Å². The van der Waals surface area contributed by atoms with E-state index in [1.807, 2.05) is 54.6 Å². The molecule has 0 unspecified atom stereocenters. The molecule has 1 fully saturated rings. The number of hydrogen-bond acceptors (Lipinski definition) is 3. The van der Waals surface area contributed by atoms with E-state index in [1.54, 1.807) is 7.11 Å². The number of carbonyl (C=O) groups excluding carboxylic acids is 2. The van der Waals surface area contributed by atoms with Crippen molar-refractivity contribution in [2.75, 3.05) is 13.7 Å². The van der Waals surface area contributed by atoms with E-state index >= 15 is 0 Å². The van der Waals surface area contributed by atoms with Crippen molar-refractivity contribution < 1.29 is 14.3 Å². The lowest BCUT2D eigenvalue weighted by Gasteiger charge is -2.22. The molecular formula is C20H22N2O3. The number of para-hydroxylation sites is 1. The molecule has 0 saturated heterocycles. The smallest absolute Gasteiger partial charge is 0.240 e. The van der Waals surface area contributed by atoms with Crippen LogP contribution in [0.5, 0.6) is 5.75 Å². The Morgan fingerprint density at radius 2 is 1.76 bits per heavy atom. The van der Waals surface area contributed by atoms with Crippen molar-refractivity contribution >= 4 is 11.8 Å². The molecule has 130 valence electrons. The van der Waals surface area contributed by atoms with Crippen LogP contribution < -0.4 is 15.4 Å². The standard InChI is InChI=1S/C20H22N2O3/c1-25-17-10-6-5-9-16(17)19(14-7-3-2-4-8-14)22-18(23)13-21-20(24)15-11-12-15/h2-10,15,19H,11-13H2,1H3,(H,21,24)(H,22,23)/t19-/m1/s1. The summed E-state index contributed by atoms with van der Waals surface area (Å²) in [6, 6.07) is 17.0.